The smallest absolute Gasteiger partial charge is 0.254 e. The molecule has 0 aliphatic carbocycles. The number of hydrogen-bond acceptors (Lipinski definition) is 3. The Morgan fingerprint density at radius 2 is 1.81 bits per heavy atom. The third kappa shape index (κ3) is 4.07. The number of carbonyl (C=O) groups excluding carboxylic acids is 2. The first-order valence-electron chi connectivity index (χ1n) is 10.9. The molecule has 0 unspecified atom stereocenters. The molecule has 2 aromatic carbocycles. The maximum Gasteiger partial charge on any atom is 0.254 e. The fourth-order valence-electron chi connectivity index (χ4n) is 4.48. The number of fused-ring (bicyclic) bond motifs is 1. The highest BCUT2D eigenvalue weighted by atomic mass is 32.1. The minimum Gasteiger partial charge on any atom is -0.329 e. The maximum atomic E-state index is 14.1. The van der Waals surface area contributed by atoms with Crippen molar-refractivity contribution in [2.75, 3.05) is 18.0 Å². The summed E-state index contributed by atoms with van der Waals surface area (Å²) in [5, 5.41) is 1.98. The van der Waals surface area contributed by atoms with E-state index in [0.29, 0.717) is 24.3 Å². The predicted octanol–water partition coefficient (Wildman–Crippen LogP) is 5.88. The van der Waals surface area contributed by atoms with Crippen LogP contribution in [0.4, 0.5) is 10.1 Å². The Hall–Kier alpha value is -2.99. The predicted molar refractivity (Wildman–Crippen MR) is 127 cm³/mol. The molecule has 2 atom stereocenters. The zero-order valence-electron chi connectivity index (χ0n) is 18.5. The zero-order valence-corrected chi connectivity index (χ0v) is 19.3. The maximum absolute atomic E-state index is 14.1. The van der Waals surface area contributed by atoms with Crippen molar-refractivity contribution in [1.82, 2.24) is 4.90 Å². The average Bonchev–Trinajstić information content (AvgIpc) is 3.31. The van der Waals surface area contributed by atoms with Crippen LogP contribution in [-0.4, -0.2) is 29.8 Å². The number of amides is 2. The van der Waals surface area contributed by atoms with Crippen LogP contribution in [0.3, 0.4) is 0 Å². The Bertz CT molecular complexity index is 1100. The van der Waals surface area contributed by atoms with Gasteiger partial charge in [0.15, 0.2) is 0 Å². The molecule has 2 heterocycles. The molecule has 1 aliphatic rings. The molecule has 2 amide bonds. The second-order valence-electron chi connectivity index (χ2n) is 8.44. The molecule has 0 bridgehead atoms. The number of likely N-dealkylation sites (N-methyl/N-ethyl adjacent to an activating group) is 1. The van der Waals surface area contributed by atoms with E-state index in [2.05, 4.69) is 13.8 Å². The van der Waals surface area contributed by atoms with E-state index in [-0.39, 0.29) is 29.6 Å². The fraction of sp³-hybridized carbons (Fsp3) is 0.308. The van der Waals surface area contributed by atoms with Gasteiger partial charge in [-0.1, -0.05) is 38.1 Å². The van der Waals surface area contributed by atoms with Crippen molar-refractivity contribution < 1.29 is 14.0 Å². The van der Waals surface area contributed by atoms with Gasteiger partial charge in [0, 0.05) is 29.2 Å². The first-order valence-corrected chi connectivity index (χ1v) is 11.8. The van der Waals surface area contributed by atoms with E-state index in [1.807, 2.05) is 53.6 Å². The molecule has 4 nitrogen and oxygen atoms in total. The molecule has 4 rings (SSSR count). The van der Waals surface area contributed by atoms with Gasteiger partial charge in [-0.15, -0.1) is 11.3 Å². The molecule has 0 N–H and O–H groups in total. The molecule has 0 spiro atoms. The summed E-state index contributed by atoms with van der Waals surface area (Å²) in [5.41, 5.74) is 1.98. The molecule has 0 fully saturated rings. The molecule has 166 valence electrons. The number of benzene rings is 2. The summed E-state index contributed by atoms with van der Waals surface area (Å²) in [7, 11) is 0. The lowest BCUT2D eigenvalue weighted by molar-refractivity contribution is -0.121. The first kappa shape index (κ1) is 22.2. The highest BCUT2D eigenvalue weighted by Gasteiger charge is 2.46. The SMILES string of the molecule is CCN(C(=O)[C@@H]1c2ccccc2C(=O)N(CC(C)C)[C@H]1c1cccs1)c1ccc(F)cc1. The van der Waals surface area contributed by atoms with E-state index < -0.39 is 5.92 Å². The minimum atomic E-state index is -0.550. The van der Waals surface area contributed by atoms with Crippen LogP contribution in [0, 0.1) is 11.7 Å². The standard InChI is InChI=1S/C26H27FN2O2S/c1-4-28(19-13-11-18(27)12-14-19)26(31)23-20-8-5-6-9-21(20)25(30)29(16-17(2)3)24(23)22-10-7-15-32-22/h5-15,17,23-24H,4,16H2,1-3H3/t23-,24+/m1/s1. The van der Waals surface area contributed by atoms with E-state index in [9.17, 15) is 14.0 Å². The van der Waals surface area contributed by atoms with Crippen LogP contribution in [0.2, 0.25) is 0 Å². The van der Waals surface area contributed by atoms with Crippen LogP contribution in [0.5, 0.6) is 0 Å². The van der Waals surface area contributed by atoms with E-state index in [1.54, 1.807) is 28.4 Å². The monoisotopic (exact) mass is 450 g/mol. The topological polar surface area (TPSA) is 40.6 Å². The number of rotatable bonds is 6. The first-order chi connectivity index (χ1) is 15.4. The highest BCUT2D eigenvalue weighted by Crippen LogP contribution is 2.45. The van der Waals surface area contributed by atoms with Gasteiger partial charge in [-0.05, 0) is 60.2 Å². The Kier molecular flexibility index (Phi) is 6.42. The van der Waals surface area contributed by atoms with Crippen molar-refractivity contribution in [3.63, 3.8) is 0 Å². The molecule has 32 heavy (non-hydrogen) atoms. The van der Waals surface area contributed by atoms with Gasteiger partial charge in [-0.25, -0.2) is 4.39 Å². The minimum absolute atomic E-state index is 0.0402. The van der Waals surface area contributed by atoms with Gasteiger partial charge in [0.25, 0.3) is 5.91 Å². The van der Waals surface area contributed by atoms with Gasteiger partial charge < -0.3 is 9.80 Å². The van der Waals surface area contributed by atoms with Crippen LogP contribution in [-0.2, 0) is 4.79 Å². The molecule has 0 saturated carbocycles. The molecule has 1 aromatic heterocycles. The molecule has 0 saturated heterocycles. The van der Waals surface area contributed by atoms with Crippen molar-refractivity contribution in [1.29, 1.82) is 0 Å². The van der Waals surface area contributed by atoms with Crippen LogP contribution in [0.1, 0.15) is 53.5 Å². The number of halogens is 1. The van der Waals surface area contributed by atoms with E-state index in [4.69, 9.17) is 0 Å². The van der Waals surface area contributed by atoms with Crippen molar-refractivity contribution in [2.24, 2.45) is 5.92 Å². The number of nitrogens with zero attached hydrogens (tertiary/aromatic N) is 2. The van der Waals surface area contributed by atoms with Crippen molar-refractivity contribution >= 4 is 28.8 Å². The van der Waals surface area contributed by atoms with Crippen LogP contribution in [0.25, 0.3) is 0 Å². The Morgan fingerprint density at radius 1 is 1.09 bits per heavy atom. The largest absolute Gasteiger partial charge is 0.329 e. The average molecular weight is 451 g/mol. The molecule has 6 heteroatoms. The van der Waals surface area contributed by atoms with Gasteiger partial charge in [-0.3, -0.25) is 9.59 Å². The highest BCUT2D eigenvalue weighted by molar-refractivity contribution is 7.10. The fourth-order valence-corrected chi connectivity index (χ4v) is 5.36. The summed E-state index contributed by atoms with van der Waals surface area (Å²) in [6, 6.07) is 17.0. The van der Waals surface area contributed by atoms with Crippen molar-refractivity contribution in [3.8, 4) is 0 Å². The molecular formula is C26H27FN2O2S. The lowest BCUT2D eigenvalue weighted by atomic mass is 9.80. The van der Waals surface area contributed by atoms with Gasteiger partial charge in [0.05, 0.1) is 12.0 Å². The normalized spacial score (nSPS) is 18.0. The third-order valence-electron chi connectivity index (χ3n) is 5.82. The van der Waals surface area contributed by atoms with Crippen molar-refractivity contribution in [2.45, 2.75) is 32.7 Å². The lowest BCUT2D eigenvalue weighted by Crippen LogP contribution is -2.49. The third-order valence-corrected chi connectivity index (χ3v) is 6.76. The van der Waals surface area contributed by atoms with E-state index in [0.717, 1.165) is 10.4 Å². The summed E-state index contributed by atoms with van der Waals surface area (Å²) in [6.07, 6.45) is 0. The van der Waals surface area contributed by atoms with Gasteiger partial charge in [0.2, 0.25) is 5.91 Å². The Labute approximate surface area is 192 Å². The Morgan fingerprint density at radius 3 is 2.44 bits per heavy atom. The van der Waals surface area contributed by atoms with Crippen molar-refractivity contribution in [3.05, 3.63) is 87.9 Å². The number of hydrogen-bond donors (Lipinski definition) is 0. The van der Waals surface area contributed by atoms with Gasteiger partial charge in [-0.2, -0.15) is 0 Å². The summed E-state index contributed by atoms with van der Waals surface area (Å²) in [6.45, 7) is 7.06. The summed E-state index contributed by atoms with van der Waals surface area (Å²) in [4.78, 5) is 32.2. The number of anilines is 1. The number of thiophene rings is 1. The molecule has 3 aromatic rings. The van der Waals surface area contributed by atoms with Crippen LogP contribution < -0.4 is 4.90 Å². The summed E-state index contributed by atoms with van der Waals surface area (Å²) < 4.78 is 13.5. The quantitative estimate of drug-likeness (QED) is 0.471. The van der Waals surface area contributed by atoms with Gasteiger partial charge >= 0.3 is 0 Å². The Balaban J connectivity index is 1.87. The second-order valence-corrected chi connectivity index (χ2v) is 9.41. The van der Waals surface area contributed by atoms with Crippen LogP contribution in [0.15, 0.2) is 66.0 Å². The van der Waals surface area contributed by atoms with Crippen LogP contribution >= 0.6 is 11.3 Å². The van der Waals surface area contributed by atoms with E-state index in [1.165, 1.54) is 12.1 Å². The zero-order chi connectivity index (χ0) is 22.8. The number of carbonyl (C=O) groups is 2. The molecule has 0 radical (unpaired) electrons. The molecular weight excluding hydrogens is 423 g/mol. The molecule has 1 aliphatic heterocycles. The summed E-state index contributed by atoms with van der Waals surface area (Å²) in [5.74, 6) is -0.772. The lowest BCUT2D eigenvalue weighted by Gasteiger charge is -2.43. The second kappa shape index (κ2) is 9.25. The van der Waals surface area contributed by atoms with Gasteiger partial charge in [0.1, 0.15) is 5.82 Å². The van der Waals surface area contributed by atoms with E-state index >= 15 is 0 Å². The summed E-state index contributed by atoms with van der Waals surface area (Å²) >= 11 is 1.56.